The SMILES string of the molecule is CCN(CCCCCC(=O)O)c1cccc(C)c1. The smallest absolute Gasteiger partial charge is 0.303 e. The van der Waals surface area contributed by atoms with Crippen molar-refractivity contribution in [3.63, 3.8) is 0 Å². The van der Waals surface area contributed by atoms with Gasteiger partial charge in [-0.15, -0.1) is 0 Å². The molecule has 1 aromatic rings. The minimum Gasteiger partial charge on any atom is -0.481 e. The Hall–Kier alpha value is -1.51. The van der Waals surface area contributed by atoms with Gasteiger partial charge in [-0.1, -0.05) is 18.6 Å². The number of nitrogens with zero attached hydrogens (tertiary/aromatic N) is 1. The number of carbonyl (C=O) groups is 1. The molecule has 0 aromatic heterocycles. The maximum Gasteiger partial charge on any atom is 0.303 e. The summed E-state index contributed by atoms with van der Waals surface area (Å²) in [5.41, 5.74) is 2.53. The third-order valence-corrected chi connectivity index (χ3v) is 3.07. The van der Waals surface area contributed by atoms with Crippen LogP contribution in [0.1, 0.15) is 38.2 Å². The average Bonchev–Trinajstić information content (AvgIpc) is 2.33. The Kier molecular flexibility index (Phi) is 6.26. The Bertz CT molecular complexity index is 377. The number of aryl methyl sites for hydroxylation is 1. The van der Waals surface area contributed by atoms with Crippen LogP contribution in [0.25, 0.3) is 0 Å². The summed E-state index contributed by atoms with van der Waals surface area (Å²) in [5.74, 6) is -0.693. The topological polar surface area (TPSA) is 40.5 Å². The van der Waals surface area contributed by atoms with E-state index >= 15 is 0 Å². The molecular formula is C15H23NO2. The molecule has 0 saturated heterocycles. The summed E-state index contributed by atoms with van der Waals surface area (Å²) in [7, 11) is 0. The Morgan fingerprint density at radius 1 is 1.28 bits per heavy atom. The number of carboxylic acids is 1. The molecule has 18 heavy (non-hydrogen) atoms. The second-order valence-corrected chi connectivity index (χ2v) is 4.62. The van der Waals surface area contributed by atoms with Crippen LogP contribution in [-0.4, -0.2) is 24.2 Å². The molecule has 0 aliphatic heterocycles. The third kappa shape index (κ3) is 5.21. The van der Waals surface area contributed by atoms with Crippen molar-refractivity contribution in [1.82, 2.24) is 0 Å². The molecule has 3 nitrogen and oxygen atoms in total. The maximum absolute atomic E-state index is 10.4. The number of unbranched alkanes of at least 4 members (excludes halogenated alkanes) is 2. The van der Waals surface area contributed by atoms with Gasteiger partial charge in [0.15, 0.2) is 0 Å². The molecule has 0 bridgehead atoms. The van der Waals surface area contributed by atoms with E-state index in [0.29, 0.717) is 0 Å². The highest BCUT2D eigenvalue weighted by molar-refractivity contribution is 5.66. The van der Waals surface area contributed by atoms with Crippen LogP contribution in [-0.2, 0) is 4.79 Å². The van der Waals surface area contributed by atoms with Gasteiger partial charge in [0.05, 0.1) is 0 Å². The quantitative estimate of drug-likeness (QED) is 0.717. The fourth-order valence-corrected chi connectivity index (χ4v) is 2.05. The van der Waals surface area contributed by atoms with Crippen LogP contribution >= 0.6 is 0 Å². The van der Waals surface area contributed by atoms with Gasteiger partial charge in [0.25, 0.3) is 0 Å². The van der Waals surface area contributed by atoms with E-state index in [1.54, 1.807) is 0 Å². The highest BCUT2D eigenvalue weighted by Gasteiger charge is 2.04. The van der Waals surface area contributed by atoms with Crippen molar-refractivity contribution in [2.24, 2.45) is 0 Å². The number of benzene rings is 1. The molecule has 0 saturated carbocycles. The van der Waals surface area contributed by atoms with Crippen LogP contribution in [0.3, 0.4) is 0 Å². The van der Waals surface area contributed by atoms with Gasteiger partial charge in [0.2, 0.25) is 0 Å². The second kappa shape index (κ2) is 7.75. The van der Waals surface area contributed by atoms with E-state index < -0.39 is 5.97 Å². The normalized spacial score (nSPS) is 10.3. The first-order chi connectivity index (χ1) is 8.63. The van der Waals surface area contributed by atoms with Gasteiger partial charge in [-0.25, -0.2) is 0 Å². The highest BCUT2D eigenvalue weighted by atomic mass is 16.4. The number of hydrogen-bond acceptors (Lipinski definition) is 2. The molecule has 1 rings (SSSR count). The number of aliphatic carboxylic acids is 1. The van der Waals surface area contributed by atoms with Gasteiger partial charge in [-0.2, -0.15) is 0 Å². The minimum absolute atomic E-state index is 0.288. The number of rotatable bonds is 8. The van der Waals surface area contributed by atoms with Crippen molar-refractivity contribution in [2.45, 2.75) is 39.5 Å². The van der Waals surface area contributed by atoms with Gasteiger partial charge in [0, 0.05) is 25.2 Å². The van der Waals surface area contributed by atoms with E-state index in [-0.39, 0.29) is 6.42 Å². The summed E-state index contributed by atoms with van der Waals surface area (Å²) in [6.45, 7) is 6.24. The van der Waals surface area contributed by atoms with E-state index in [1.165, 1.54) is 11.3 Å². The first-order valence-corrected chi connectivity index (χ1v) is 6.67. The van der Waals surface area contributed by atoms with Crippen LogP contribution in [0.5, 0.6) is 0 Å². The largest absolute Gasteiger partial charge is 0.481 e. The first-order valence-electron chi connectivity index (χ1n) is 6.67. The van der Waals surface area contributed by atoms with Crippen molar-refractivity contribution in [3.05, 3.63) is 29.8 Å². The van der Waals surface area contributed by atoms with Crippen molar-refractivity contribution >= 4 is 11.7 Å². The van der Waals surface area contributed by atoms with Gasteiger partial charge < -0.3 is 10.0 Å². The van der Waals surface area contributed by atoms with Crippen molar-refractivity contribution < 1.29 is 9.90 Å². The Balaban J connectivity index is 2.36. The van der Waals surface area contributed by atoms with E-state index in [1.807, 2.05) is 0 Å². The molecule has 0 aliphatic carbocycles. The van der Waals surface area contributed by atoms with Crippen molar-refractivity contribution in [1.29, 1.82) is 0 Å². The zero-order valence-electron chi connectivity index (χ0n) is 11.4. The zero-order chi connectivity index (χ0) is 13.4. The molecule has 0 spiro atoms. The molecular weight excluding hydrogens is 226 g/mol. The van der Waals surface area contributed by atoms with Crippen molar-refractivity contribution in [2.75, 3.05) is 18.0 Å². The molecule has 0 radical (unpaired) electrons. The summed E-state index contributed by atoms with van der Waals surface area (Å²) in [6, 6.07) is 8.51. The van der Waals surface area contributed by atoms with Crippen LogP contribution in [0, 0.1) is 6.92 Å². The summed E-state index contributed by atoms with van der Waals surface area (Å²) >= 11 is 0. The third-order valence-electron chi connectivity index (χ3n) is 3.07. The molecule has 1 aromatic carbocycles. The minimum atomic E-state index is -0.693. The number of anilines is 1. The van der Waals surface area contributed by atoms with Gasteiger partial charge in [-0.05, 0) is 44.4 Å². The summed E-state index contributed by atoms with van der Waals surface area (Å²) < 4.78 is 0. The molecule has 1 N–H and O–H groups in total. The Morgan fingerprint density at radius 3 is 2.67 bits per heavy atom. The van der Waals surface area contributed by atoms with E-state index in [2.05, 4.69) is 43.0 Å². The molecule has 0 fully saturated rings. The monoisotopic (exact) mass is 249 g/mol. The lowest BCUT2D eigenvalue weighted by atomic mass is 10.1. The molecule has 100 valence electrons. The average molecular weight is 249 g/mol. The Labute approximate surface area is 109 Å². The van der Waals surface area contributed by atoms with E-state index in [9.17, 15) is 4.79 Å². The van der Waals surface area contributed by atoms with E-state index in [0.717, 1.165) is 32.4 Å². The van der Waals surface area contributed by atoms with Crippen LogP contribution in [0.2, 0.25) is 0 Å². The lowest BCUT2D eigenvalue weighted by molar-refractivity contribution is -0.137. The van der Waals surface area contributed by atoms with Crippen LogP contribution in [0.4, 0.5) is 5.69 Å². The van der Waals surface area contributed by atoms with Crippen LogP contribution in [0.15, 0.2) is 24.3 Å². The lowest BCUT2D eigenvalue weighted by Gasteiger charge is -2.23. The number of carboxylic acid groups (broad SMARTS) is 1. The summed E-state index contributed by atoms with van der Waals surface area (Å²) in [5, 5.41) is 8.57. The summed E-state index contributed by atoms with van der Waals surface area (Å²) in [6.07, 6.45) is 3.10. The molecule has 0 heterocycles. The Morgan fingerprint density at radius 2 is 2.06 bits per heavy atom. The van der Waals surface area contributed by atoms with Gasteiger partial charge >= 0.3 is 5.97 Å². The predicted molar refractivity (Wildman–Crippen MR) is 75.2 cm³/mol. The number of hydrogen-bond donors (Lipinski definition) is 1. The van der Waals surface area contributed by atoms with Crippen molar-refractivity contribution in [3.8, 4) is 0 Å². The first kappa shape index (κ1) is 14.6. The maximum atomic E-state index is 10.4. The molecule has 3 heteroatoms. The molecule has 0 amide bonds. The van der Waals surface area contributed by atoms with Gasteiger partial charge in [-0.3, -0.25) is 4.79 Å². The van der Waals surface area contributed by atoms with Crippen LogP contribution < -0.4 is 4.90 Å². The van der Waals surface area contributed by atoms with Gasteiger partial charge in [0.1, 0.15) is 0 Å². The molecule has 0 atom stereocenters. The van der Waals surface area contributed by atoms with E-state index in [4.69, 9.17) is 5.11 Å². The highest BCUT2D eigenvalue weighted by Crippen LogP contribution is 2.16. The fraction of sp³-hybridized carbons (Fsp3) is 0.533. The zero-order valence-corrected chi connectivity index (χ0v) is 11.4. The summed E-state index contributed by atoms with van der Waals surface area (Å²) in [4.78, 5) is 12.7. The second-order valence-electron chi connectivity index (χ2n) is 4.62. The lowest BCUT2D eigenvalue weighted by Crippen LogP contribution is -2.23. The molecule has 0 aliphatic rings. The fourth-order valence-electron chi connectivity index (χ4n) is 2.05. The standard InChI is InChI=1S/C15H23NO2/c1-3-16(11-6-4-5-10-15(17)18)14-9-7-8-13(2)12-14/h7-9,12H,3-6,10-11H2,1-2H3,(H,17,18). The molecule has 0 unspecified atom stereocenters. The predicted octanol–water partition coefficient (Wildman–Crippen LogP) is 3.47.